The van der Waals surface area contributed by atoms with Crippen LogP contribution in [0.3, 0.4) is 0 Å². The van der Waals surface area contributed by atoms with E-state index in [9.17, 15) is 9.50 Å². The average Bonchev–Trinajstić information content (AvgIpc) is 2.33. The van der Waals surface area contributed by atoms with Crippen molar-refractivity contribution in [3.8, 4) is 17.5 Å². The lowest BCUT2D eigenvalue weighted by Crippen LogP contribution is -1.92. The lowest BCUT2D eigenvalue weighted by Gasteiger charge is -2.05. The second kappa shape index (κ2) is 5.27. The highest BCUT2D eigenvalue weighted by Gasteiger charge is 2.04. The van der Waals surface area contributed by atoms with Gasteiger partial charge >= 0.3 is 6.01 Å². The second-order valence-electron chi connectivity index (χ2n) is 3.60. The van der Waals surface area contributed by atoms with E-state index in [1.165, 1.54) is 12.1 Å². The molecule has 0 saturated carbocycles. The number of hydrogen-bond donors (Lipinski definition) is 1. The molecule has 4 nitrogen and oxygen atoms in total. The summed E-state index contributed by atoms with van der Waals surface area (Å²) in [4.78, 5) is 8.00. The van der Waals surface area contributed by atoms with Crippen molar-refractivity contribution in [3.05, 3.63) is 48.0 Å². The number of aromatic nitrogens is 2. The quantitative estimate of drug-likeness (QED) is 0.903. The standard InChI is InChI=1S/C13H11FN2O2/c1-9-5-7-15-13(16-9)18-11-3-2-10(4-6-14)12(17)8-11/h2-8,17H,1H3. The molecule has 0 bridgehead atoms. The zero-order valence-corrected chi connectivity index (χ0v) is 9.67. The van der Waals surface area contributed by atoms with E-state index in [1.807, 2.05) is 6.92 Å². The summed E-state index contributed by atoms with van der Waals surface area (Å²) in [7, 11) is 0. The van der Waals surface area contributed by atoms with Crippen LogP contribution in [0.1, 0.15) is 11.3 Å². The van der Waals surface area contributed by atoms with E-state index in [0.717, 1.165) is 11.8 Å². The van der Waals surface area contributed by atoms with Gasteiger partial charge in [0, 0.05) is 23.5 Å². The number of halogens is 1. The van der Waals surface area contributed by atoms with Gasteiger partial charge in [0.25, 0.3) is 0 Å². The largest absolute Gasteiger partial charge is 0.507 e. The molecule has 0 amide bonds. The summed E-state index contributed by atoms with van der Waals surface area (Å²) in [6.07, 6.45) is 3.10. The van der Waals surface area contributed by atoms with Crippen molar-refractivity contribution in [3.63, 3.8) is 0 Å². The molecule has 5 heteroatoms. The molecule has 0 fully saturated rings. The molecule has 1 N–H and O–H groups in total. The minimum atomic E-state index is -0.0750. The van der Waals surface area contributed by atoms with Crippen LogP contribution in [0.5, 0.6) is 17.5 Å². The van der Waals surface area contributed by atoms with Crippen LogP contribution in [0.25, 0.3) is 6.08 Å². The van der Waals surface area contributed by atoms with Crippen molar-refractivity contribution in [2.75, 3.05) is 0 Å². The summed E-state index contributed by atoms with van der Waals surface area (Å²) in [5.74, 6) is 0.308. The van der Waals surface area contributed by atoms with Crippen molar-refractivity contribution in [1.82, 2.24) is 9.97 Å². The molecule has 2 rings (SSSR count). The van der Waals surface area contributed by atoms with Crippen LogP contribution in [0.4, 0.5) is 4.39 Å². The van der Waals surface area contributed by atoms with Gasteiger partial charge in [-0.3, -0.25) is 0 Å². The lowest BCUT2D eigenvalue weighted by molar-refractivity contribution is 0.429. The molecule has 2 aromatic rings. The van der Waals surface area contributed by atoms with E-state index in [1.54, 1.807) is 18.3 Å². The molecule has 92 valence electrons. The van der Waals surface area contributed by atoms with Crippen LogP contribution in [-0.2, 0) is 0 Å². The Labute approximate surface area is 103 Å². The van der Waals surface area contributed by atoms with Gasteiger partial charge in [0.15, 0.2) is 0 Å². The Morgan fingerprint density at radius 3 is 2.83 bits per heavy atom. The fourth-order valence-corrected chi connectivity index (χ4v) is 1.38. The van der Waals surface area contributed by atoms with Gasteiger partial charge in [-0.1, -0.05) is 0 Å². The number of rotatable bonds is 3. The summed E-state index contributed by atoms with van der Waals surface area (Å²) in [5, 5.41) is 9.62. The van der Waals surface area contributed by atoms with Gasteiger partial charge in [0.1, 0.15) is 11.5 Å². The number of phenols is 1. The summed E-state index contributed by atoms with van der Waals surface area (Å²) in [6, 6.07) is 6.46. The molecule has 0 radical (unpaired) electrons. The van der Waals surface area contributed by atoms with E-state index in [2.05, 4.69) is 9.97 Å². The van der Waals surface area contributed by atoms with Gasteiger partial charge in [-0.05, 0) is 31.2 Å². The maximum Gasteiger partial charge on any atom is 0.322 e. The number of benzene rings is 1. The minimum absolute atomic E-state index is 0.0750. The predicted octanol–water partition coefficient (Wildman–Crippen LogP) is 3.22. The Morgan fingerprint density at radius 2 is 2.17 bits per heavy atom. The molecule has 0 saturated heterocycles. The van der Waals surface area contributed by atoms with Crippen LogP contribution < -0.4 is 4.74 Å². The van der Waals surface area contributed by atoms with E-state index in [4.69, 9.17) is 4.74 Å². The lowest BCUT2D eigenvalue weighted by atomic mass is 10.2. The normalized spacial score (nSPS) is 10.8. The first-order valence-electron chi connectivity index (χ1n) is 5.26. The van der Waals surface area contributed by atoms with Crippen molar-refractivity contribution in [2.45, 2.75) is 6.92 Å². The van der Waals surface area contributed by atoms with E-state index >= 15 is 0 Å². The van der Waals surface area contributed by atoms with Gasteiger partial charge in [0.05, 0.1) is 6.33 Å². The second-order valence-corrected chi connectivity index (χ2v) is 3.60. The maximum atomic E-state index is 12.0. The van der Waals surface area contributed by atoms with Crippen molar-refractivity contribution < 1.29 is 14.2 Å². The molecule has 0 atom stereocenters. The number of nitrogens with zero attached hydrogens (tertiary/aromatic N) is 2. The highest BCUT2D eigenvalue weighted by Crippen LogP contribution is 2.27. The molecule has 1 aromatic carbocycles. The molecular formula is C13H11FN2O2. The predicted molar refractivity (Wildman–Crippen MR) is 65.1 cm³/mol. The van der Waals surface area contributed by atoms with Crippen molar-refractivity contribution >= 4 is 6.08 Å². The third-order valence-electron chi connectivity index (χ3n) is 2.23. The molecule has 0 aliphatic carbocycles. The molecule has 1 aromatic heterocycles. The highest BCUT2D eigenvalue weighted by molar-refractivity contribution is 5.58. The van der Waals surface area contributed by atoms with Crippen LogP contribution in [-0.4, -0.2) is 15.1 Å². The first-order chi connectivity index (χ1) is 8.69. The van der Waals surface area contributed by atoms with Gasteiger partial charge < -0.3 is 9.84 Å². The molecule has 0 aliphatic heterocycles. The SMILES string of the molecule is Cc1ccnc(Oc2ccc(C=CF)c(O)c2)n1. The number of aryl methyl sites for hydroxylation is 1. The third-order valence-corrected chi connectivity index (χ3v) is 2.23. The van der Waals surface area contributed by atoms with Crippen LogP contribution in [0, 0.1) is 6.92 Å². The van der Waals surface area contributed by atoms with E-state index in [0.29, 0.717) is 17.6 Å². The number of phenolic OH excluding ortho intramolecular Hbond substituents is 1. The zero-order valence-electron chi connectivity index (χ0n) is 9.67. The molecular weight excluding hydrogens is 235 g/mol. The van der Waals surface area contributed by atoms with Gasteiger partial charge in [-0.25, -0.2) is 14.4 Å². The highest BCUT2D eigenvalue weighted by atomic mass is 19.1. The molecule has 0 spiro atoms. The summed E-state index contributed by atoms with van der Waals surface area (Å²) < 4.78 is 17.4. The number of aromatic hydroxyl groups is 1. The monoisotopic (exact) mass is 246 g/mol. The average molecular weight is 246 g/mol. The Bertz CT molecular complexity index is 585. The summed E-state index contributed by atoms with van der Waals surface area (Å²) >= 11 is 0. The fraction of sp³-hybridized carbons (Fsp3) is 0.0769. The van der Waals surface area contributed by atoms with Crippen molar-refractivity contribution in [2.24, 2.45) is 0 Å². The van der Waals surface area contributed by atoms with Crippen LogP contribution >= 0.6 is 0 Å². The fourth-order valence-electron chi connectivity index (χ4n) is 1.38. The van der Waals surface area contributed by atoms with Crippen LogP contribution in [0.15, 0.2) is 36.8 Å². The number of ether oxygens (including phenoxy) is 1. The van der Waals surface area contributed by atoms with Crippen LogP contribution in [0.2, 0.25) is 0 Å². The van der Waals surface area contributed by atoms with E-state index < -0.39 is 0 Å². The Hall–Kier alpha value is -2.43. The topological polar surface area (TPSA) is 55.2 Å². The van der Waals surface area contributed by atoms with Crippen molar-refractivity contribution in [1.29, 1.82) is 0 Å². The zero-order chi connectivity index (χ0) is 13.0. The first kappa shape index (κ1) is 12.0. The summed E-state index contributed by atoms with van der Waals surface area (Å²) in [5.41, 5.74) is 1.15. The molecule has 0 unspecified atom stereocenters. The maximum absolute atomic E-state index is 12.0. The molecule has 1 heterocycles. The molecule has 0 aliphatic rings. The Morgan fingerprint density at radius 1 is 1.33 bits per heavy atom. The number of hydrogen-bond acceptors (Lipinski definition) is 4. The van der Waals surface area contributed by atoms with Gasteiger partial charge in [-0.2, -0.15) is 0 Å². The minimum Gasteiger partial charge on any atom is -0.507 e. The van der Waals surface area contributed by atoms with E-state index in [-0.39, 0.29) is 11.8 Å². The summed E-state index contributed by atoms with van der Waals surface area (Å²) in [6.45, 7) is 1.82. The molecule has 18 heavy (non-hydrogen) atoms. The first-order valence-corrected chi connectivity index (χ1v) is 5.26. The smallest absolute Gasteiger partial charge is 0.322 e. The Balaban J connectivity index is 2.22. The van der Waals surface area contributed by atoms with Gasteiger partial charge in [-0.15, -0.1) is 0 Å². The Kier molecular flexibility index (Phi) is 3.52. The van der Waals surface area contributed by atoms with Gasteiger partial charge in [0.2, 0.25) is 0 Å². The third kappa shape index (κ3) is 2.82.